The van der Waals surface area contributed by atoms with Crippen LogP contribution in [0.15, 0.2) is 30.3 Å². The number of hydrogen-bond donors (Lipinski definition) is 2. The van der Waals surface area contributed by atoms with Crippen molar-refractivity contribution in [3.8, 4) is 0 Å². The Hall–Kier alpha value is -2.41. The van der Waals surface area contributed by atoms with E-state index >= 15 is 0 Å². The van der Waals surface area contributed by atoms with Crippen LogP contribution >= 0.6 is 0 Å². The number of aliphatic carboxylic acids is 2. The predicted octanol–water partition coefficient (Wildman–Crippen LogP) is 1.23. The second kappa shape index (κ2) is 6.00. The Morgan fingerprint density at radius 3 is 2.22 bits per heavy atom. The second-order valence-electron chi connectivity index (χ2n) is 5.75. The zero-order chi connectivity index (χ0) is 16.6. The average molecular weight is 320 g/mol. The van der Waals surface area contributed by atoms with Crippen LogP contribution in [0.4, 0.5) is 0 Å². The van der Waals surface area contributed by atoms with Crippen molar-refractivity contribution < 1.29 is 34.1 Å². The molecule has 2 fully saturated rings. The number of carboxylic acid groups (broad SMARTS) is 2. The van der Waals surface area contributed by atoms with Gasteiger partial charge in [-0.15, -0.1) is 0 Å². The molecule has 2 heterocycles. The van der Waals surface area contributed by atoms with Crippen molar-refractivity contribution in [2.75, 3.05) is 0 Å². The van der Waals surface area contributed by atoms with E-state index in [1.165, 1.54) is 12.1 Å². The van der Waals surface area contributed by atoms with E-state index in [0.717, 1.165) is 0 Å². The van der Waals surface area contributed by atoms with Crippen LogP contribution in [0, 0.1) is 11.8 Å². The largest absolute Gasteiger partial charge is 0.481 e. The van der Waals surface area contributed by atoms with E-state index in [9.17, 15) is 24.6 Å². The number of carboxylic acids is 2. The summed E-state index contributed by atoms with van der Waals surface area (Å²) >= 11 is 0. The minimum Gasteiger partial charge on any atom is -0.481 e. The summed E-state index contributed by atoms with van der Waals surface area (Å²) in [5.41, 5.74) is 0.323. The van der Waals surface area contributed by atoms with Crippen LogP contribution in [0.25, 0.3) is 0 Å². The van der Waals surface area contributed by atoms with Gasteiger partial charge < -0.3 is 19.7 Å². The standard InChI is InChI=1S/C16H16O7/c17-14(18)11-9-6-7-10(22-9)12(11)16(21)23-13(15(19)20)8-4-2-1-3-5-8/h1-5,9-13H,6-7H2,(H,17,18)(H,19,20)/t9-,10+,11-,12+,13-/m1/s1. The first-order chi connectivity index (χ1) is 11.0. The Kier molecular flexibility index (Phi) is 4.04. The van der Waals surface area contributed by atoms with Gasteiger partial charge in [0.05, 0.1) is 24.0 Å². The maximum Gasteiger partial charge on any atom is 0.349 e. The lowest BCUT2D eigenvalue weighted by atomic mass is 9.79. The molecule has 2 N–H and O–H groups in total. The van der Waals surface area contributed by atoms with E-state index in [-0.39, 0.29) is 0 Å². The zero-order valence-corrected chi connectivity index (χ0v) is 12.1. The highest BCUT2D eigenvalue weighted by atomic mass is 16.6. The molecule has 23 heavy (non-hydrogen) atoms. The van der Waals surface area contributed by atoms with Crippen LogP contribution in [0.1, 0.15) is 24.5 Å². The molecule has 5 atom stereocenters. The summed E-state index contributed by atoms with van der Waals surface area (Å²) in [4.78, 5) is 35.2. The van der Waals surface area contributed by atoms with Crippen molar-refractivity contribution >= 4 is 17.9 Å². The van der Waals surface area contributed by atoms with E-state index in [2.05, 4.69) is 0 Å². The smallest absolute Gasteiger partial charge is 0.349 e. The van der Waals surface area contributed by atoms with Crippen LogP contribution in [-0.2, 0) is 23.9 Å². The molecule has 2 saturated heterocycles. The third-order valence-corrected chi connectivity index (χ3v) is 4.39. The maximum atomic E-state index is 12.4. The lowest BCUT2D eigenvalue weighted by Gasteiger charge is -2.24. The van der Waals surface area contributed by atoms with Gasteiger partial charge >= 0.3 is 17.9 Å². The molecule has 0 aliphatic carbocycles. The van der Waals surface area contributed by atoms with Crippen molar-refractivity contribution in [1.82, 2.24) is 0 Å². The minimum absolute atomic E-state index is 0.323. The summed E-state index contributed by atoms with van der Waals surface area (Å²) in [6.45, 7) is 0. The Balaban J connectivity index is 1.79. The monoisotopic (exact) mass is 320 g/mol. The molecular formula is C16H16O7. The SMILES string of the molecule is O=C(O[C@@H](C(=O)O)c1ccccc1)[C@@H]1[C@H](C(=O)O)[C@H]2CC[C@@H]1O2. The summed E-state index contributed by atoms with van der Waals surface area (Å²) in [6, 6.07) is 8.07. The summed E-state index contributed by atoms with van der Waals surface area (Å²) in [6.07, 6.45) is -1.31. The third kappa shape index (κ3) is 2.79. The molecule has 0 saturated carbocycles. The molecule has 7 nitrogen and oxygen atoms in total. The summed E-state index contributed by atoms with van der Waals surface area (Å²) in [7, 11) is 0. The molecule has 2 aliphatic rings. The number of esters is 1. The molecule has 7 heteroatoms. The lowest BCUT2D eigenvalue weighted by Crippen LogP contribution is -2.40. The summed E-state index contributed by atoms with van der Waals surface area (Å²) in [5, 5.41) is 18.6. The van der Waals surface area contributed by atoms with Gasteiger partial charge in [0.1, 0.15) is 0 Å². The number of rotatable bonds is 5. The number of hydrogen-bond acceptors (Lipinski definition) is 5. The molecule has 0 aromatic heterocycles. The average Bonchev–Trinajstić information content (AvgIpc) is 3.13. The molecule has 122 valence electrons. The van der Waals surface area contributed by atoms with Crippen LogP contribution < -0.4 is 0 Å². The fourth-order valence-electron chi connectivity index (χ4n) is 3.37. The number of carbonyl (C=O) groups excluding carboxylic acids is 1. The lowest BCUT2D eigenvalue weighted by molar-refractivity contribution is -0.171. The van der Waals surface area contributed by atoms with E-state index in [4.69, 9.17) is 9.47 Å². The van der Waals surface area contributed by atoms with Crippen LogP contribution in [-0.4, -0.2) is 40.3 Å². The van der Waals surface area contributed by atoms with Gasteiger partial charge in [0.15, 0.2) is 0 Å². The molecule has 1 aromatic rings. The van der Waals surface area contributed by atoms with Gasteiger partial charge in [0, 0.05) is 5.56 Å². The Labute approximate surface area is 131 Å². The first-order valence-corrected chi connectivity index (χ1v) is 7.35. The third-order valence-electron chi connectivity index (χ3n) is 4.39. The van der Waals surface area contributed by atoms with Gasteiger partial charge in [0.25, 0.3) is 0 Å². The van der Waals surface area contributed by atoms with Gasteiger partial charge in [-0.05, 0) is 12.8 Å². The molecule has 2 aliphatic heterocycles. The second-order valence-corrected chi connectivity index (χ2v) is 5.75. The zero-order valence-electron chi connectivity index (χ0n) is 12.1. The highest BCUT2D eigenvalue weighted by molar-refractivity contribution is 5.85. The maximum absolute atomic E-state index is 12.4. The number of carbonyl (C=O) groups is 3. The van der Waals surface area contributed by atoms with Gasteiger partial charge in [-0.3, -0.25) is 9.59 Å². The fraction of sp³-hybridized carbons (Fsp3) is 0.438. The topological polar surface area (TPSA) is 110 Å². The number of fused-ring (bicyclic) bond motifs is 2. The molecule has 2 bridgehead atoms. The van der Waals surface area contributed by atoms with E-state index in [1.54, 1.807) is 18.2 Å². The van der Waals surface area contributed by atoms with Crippen molar-refractivity contribution in [3.05, 3.63) is 35.9 Å². The minimum atomic E-state index is -1.46. The molecule has 3 rings (SSSR count). The Bertz CT molecular complexity index is 627. The van der Waals surface area contributed by atoms with Gasteiger partial charge in [0.2, 0.25) is 6.10 Å². The Morgan fingerprint density at radius 2 is 1.65 bits per heavy atom. The van der Waals surface area contributed by atoms with Crippen molar-refractivity contribution in [1.29, 1.82) is 0 Å². The molecule has 0 radical (unpaired) electrons. The first-order valence-electron chi connectivity index (χ1n) is 7.35. The highest BCUT2D eigenvalue weighted by Crippen LogP contribution is 2.44. The Morgan fingerprint density at radius 1 is 1.04 bits per heavy atom. The van der Waals surface area contributed by atoms with Crippen molar-refractivity contribution in [3.63, 3.8) is 0 Å². The van der Waals surface area contributed by atoms with E-state index in [0.29, 0.717) is 18.4 Å². The molecular weight excluding hydrogens is 304 g/mol. The van der Waals surface area contributed by atoms with Crippen LogP contribution in [0.2, 0.25) is 0 Å². The van der Waals surface area contributed by atoms with Crippen LogP contribution in [0.3, 0.4) is 0 Å². The summed E-state index contributed by atoms with van der Waals surface area (Å²) < 4.78 is 10.6. The van der Waals surface area contributed by atoms with Crippen molar-refractivity contribution in [2.45, 2.75) is 31.2 Å². The fourth-order valence-corrected chi connectivity index (χ4v) is 3.37. The van der Waals surface area contributed by atoms with Crippen LogP contribution in [0.5, 0.6) is 0 Å². The first kappa shape index (κ1) is 15.5. The quantitative estimate of drug-likeness (QED) is 0.785. The van der Waals surface area contributed by atoms with Gasteiger partial charge in [-0.1, -0.05) is 30.3 Å². The summed E-state index contributed by atoms with van der Waals surface area (Å²) in [5.74, 6) is -5.20. The molecule has 0 unspecified atom stereocenters. The molecule has 0 spiro atoms. The van der Waals surface area contributed by atoms with Gasteiger partial charge in [-0.2, -0.15) is 0 Å². The number of benzene rings is 1. The molecule has 1 aromatic carbocycles. The van der Waals surface area contributed by atoms with Crippen molar-refractivity contribution in [2.24, 2.45) is 11.8 Å². The molecule has 0 amide bonds. The highest BCUT2D eigenvalue weighted by Gasteiger charge is 2.56. The normalized spacial score (nSPS) is 29.9. The van der Waals surface area contributed by atoms with E-state index < -0.39 is 48.1 Å². The van der Waals surface area contributed by atoms with Gasteiger partial charge in [-0.25, -0.2) is 4.79 Å². The van der Waals surface area contributed by atoms with E-state index in [1.807, 2.05) is 0 Å². The number of ether oxygens (including phenoxy) is 2. The predicted molar refractivity (Wildman–Crippen MR) is 75.4 cm³/mol.